The van der Waals surface area contributed by atoms with Crippen molar-refractivity contribution in [3.63, 3.8) is 0 Å². The average Bonchev–Trinajstić information content (AvgIpc) is 2.66. The number of benzene rings is 3. The molecular formula is C20H18O4PRh+. The van der Waals surface area contributed by atoms with Gasteiger partial charge < -0.3 is 19.8 Å². The Morgan fingerprint density at radius 3 is 0.923 bits per heavy atom. The van der Waals surface area contributed by atoms with Crippen LogP contribution in [-0.2, 0) is 29.1 Å². The van der Waals surface area contributed by atoms with Gasteiger partial charge in [0.25, 0.3) is 0 Å². The second-order valence-electron chi connectivity index (χ2n) is 4.66. The standard InChI is InChI=1S/C18H15P.2CHO2.Rh/c1-4-10-16(11-5-1)19(17-12-6-2-7-13-17)18-14-8-3-9-15-18;2*2-1-3;/h1-15H;2*(H,2,3);/q;2*-1;+2/p+1. The van der Waals surface area contributed by atoms with Crippen LogP contribution < -0.4 is 15.9 Å². The van der Waals surface area contributed by atoms with Gasteiger partial charge in [-0.05, 0) is 36.4 Å². The molecule has 6 heteroatoms. The molecule has 0 aliphatic rings. The molecule has 0 bridgehead atoms. The molecule has 0 aromatic heterocycles. The maximum Gasteiger partial charge on any atom is 2.00 e. The SMILES string of the molecule is O=[C-]O.O=[C-]O.[Rh+2].c1ccc([PH+](c2ccccc2)c2ccccc2)cc1. The molecule has 1 radical (unpaired) electrons. The maximum atomic E-state index is 8.24. The molecule has 0 spiro atoms. The van der Waals surface area contributed by atoms with Crippen LogP contribution in [0.15, 0.2) is 91.0 Å². The quantitative estimate of drug-likeness (QED) is 0.361. The third kappa shape index (κ3) is 8.16. The first kappa shape index (κ1) is 23.7. The Labute approximate surface area is 167 Å². The molecule has 0 fully saturated rings. The molecule has 3 aromatic carbocycles. The molecule has 0 aliphatic heterocycles. The molecule has 26 heavy (non-hydrogen) atoms. The van der Waals surface area contributed by atoms with Gasteiger partial charge in [0.2, 0.25) is 0 Å². The third-order valence-corrected chi connectivity index (χ3v) is 5.92. The smallest absolute Gasteiger partial charge is 0.665 e. The third-order valence-electron chi connectivity index (χ3n) is 3.19. The fraction of sp³-hybridized carbons (Fsp3) is 0. The molecule has 0 amide bonds. The van der Waals surface area contributed by atoms with Gasteiger partial charge in [-0.25, -0.2) is 0 Å². The number of hydrogen-bond donors (Lipinski definition) is 2. The van der Waals surface area contributed by atoms with Crippen molar-refractivity contribution >= 4 is 36.8 Å². The molecule has 0 unspecified atom stereocenters. The van der Waals surface area contributed by atoms with Crippen molar-refractivity contribution in [2.75, 3.05) is 0 Å². The fourth-order valence-electron chi connectivity index (χ4n) is 2.31. The van der Waals surface area contributed by atoms with Crippen molar-refractivity contribution in [1.82, 2.24) is 0 Å². The first-order valence-corrected chi connectivity index (χ1v) is 8.84. The zero-order valence-corrected chi connectivity index (χ0v) is 16.3. The topological polar surface area (TPSA) is 74.6 Å². The molecule has 135 valence electrons. The Hall–Kier alpha value is -2.35. The van der Waals surface area contributed by atoms with Crippen LogP contribution in [0.3, 0.4) is 0 Å². The van der Waals surface area contributed by atoms with Gasteiger partial charge in [0, 0.05) is 0 Å². The van der Waals surface area contributed by atoms with Crippen LogP contribution in [-0.4, -0.2) is 23.2 Å². The van der Waals surface area contributed by atoms with Gasteiger partial charge in [0.1, 0.15) is 15.9 Å². The van der Waals surface area contributed by atoms with E-state index in [1.54, 1.807) is 0 Å². The van der Waals surface area contributed by atoms with E-state index in [9.17, 15) is 0 Å². The summed E-state index contributed by atoms with van der Waals surface area (Å²) in [5.74, 6) is 0. The van der Waals surface area contributed by atoms with E-state index in [0.717, 1.165) is 0 Å². The molecule has 0 atom stereocenters. The predicted octanol–water partition coefficient (Wildman–Crippen LogP) is 2.40. The molecule has 2 N–H and O–H groups in total. The number of aliphatic hydroxyl groups excluding tert-OH is 2. The largest absolute Gasteiger partial charge is 2.00 e. The Morgan fingerprint density at radius 1 is 0.538 bits per heavy atom. The Balaban J connectivity index is 0.000000793. The normalized spacial score (nSPS) is 8.65. The Kier molecular flexibility index (Phi) is 13.6. The van der Waals surface area contributed by atoms with Gasteiger partial charge in [-0.3, -0.25) is 0 Å². The van der Waals surface area contributed by atoms with Crippen molar-refractivity contribution in [3.8, 4) is 0 Å². The summed E-state index contributed by atoms with van der Waals surface area (Å²) in [6, 6.07) is 32.5. The summed E-state index contributed by atoms with van der Waals surface area (Å²) in [6.07, 6.45) is 0. The second kappa shape index (κ2) is 15.0. The van der Waals surface area contributed by atoms with E-state index in [2.05, 4.69) is 91.0 Å². The molecular weight excluding hydrogens is 438 g/mol. The van der Waals surface area contributed by atoms with Gasteiger partial charge in [-0.1, -0.05) is 67.5 Å². The Morgan fingerprint density at radius 2 is 0.731 bits per heavy atom. The van der Waals surface area contributed by atoms with Crippen LogP contribution in [0.5, 0.6) is 0 Å². The van der Waals surface area contributed by atoms with Gasteiger partial charge >= 0.3 is 19.5 Å². The summed E-state index contributed by atoms with van der Waals surface area (Å²) in [4.78, 5) is 16.5. The van der Waals surface area contributed by atoms with Gasteiger partial charge in [-0.2, -0.15) is 0 Å². The van der Waals surface area contributed by atoms with Crippen LogP contribution in [0.25, 0.3) is 0 Å². The van der Waals surface area contributed by atoms with Crippen molar-refractivity contribution < 1.29 is 39.3 Å². The predicted molar refractivity (Wildman–Crippen MR) is 103 cm³/mol. The van der Waals surface area contributed by atoms with Crippen molar-refractivity contribution in [2.24, 2.45) is 0 Å². The minimum absolute atomic E-state index is 0. The van der Waals surface area contributed by atoms with Crippen LogP contribution >= 0.6 is 7.92 Å². The van der Waals surface area contributed by atoms with Gasteiger partial charge in [0.15, 0.2) is 0 Å². The summed E-state index contributed by atoms with van der Waals surface area (Å²) in [5, 5.41) is 17.8. The monoisotopic (exact) mass is 456 g/mol. The van der Waals surface area contributed by atoms with Crippen molar-refractivity contribution in [1.29, 1.82) is 0 Å². The van der Waals surface area contributed by atoms with E-state index in [-0.39, 0.29) is 19.5 Å². The maximum absolute atomic E-state index is 8.24. The molecule has 0 saturated carbocycles. The summed E-state index contributed by atoms with van der Waals surface area (Å²) < 4.78 is 0. The van der Waals surface area contributed by atoms with E-state index in [1.165, 1.54) is 15.9 Å². The summed E-state index contributed by atoms with van der Waals surface area (Å²) in [6.45, 7) is 1.00. The summed E-state index contributed by atoms with van der Waals surface area (Å²) >= 11 is 0. The molecule has 0 aliphatic carbocycles. The van der Waals surface area contributed by atoms with E-state index in [1.807, 2.05) is 0 Å². The van der Waals surface area contributed by atoms with Crippen molar-refractivity contribution in [3.05, 3.63) is 91.0 Å². The fourth-order valence-corrected chi connectivity index (χ4v) is 4.89. The molecule has 4 nitrogen and oxygen atoms in total. The van der Waals surface area contributed by atoms with E-state index in [4.69, 9.17) is 19.8 Å². The molecule has 3 rings (SSSR count). The second-order valence-corrected chi connectivity index (χ2v) is 7.14. The van der Waals surface area contributed by atoms with Crippen LogP contribution in [0.1, 0.15) is 0 Å². The van der Waals surface area contributed by atoms with Gasteiger partial charge in [-0.15, -0.1) is 0 Å². The van der Waals surface area contributed by atoms with E-state index < -0.39 is 7.92 Å². The van der Waals surface area contributed by atoms with Crippen LogP contribution in [0, 0.1) is 0 Å². The number of hydrogen-bond acceptors (Lipinski definition) is 2. The van der Waals surface area contributed by atoms with Crippen LogP contribution in [0.4, 0.5) is 0 Å². The zero-order valence-electron chi connectivity index (χ0n) is 13.7. The molecule has 0 saturated heterocycles. The van der Waals surface area contributed by atoms with Crippen molar-refractivity contribution in [2.45, 2.75) is 0 Å². The first-order valence-electron chi connectivity index (χ1n) is 7.34. The first-order chi connectivity index (χ1) is 12.3. The average molecular weight is 456 g/mol. The number of rotatable bonds is 3. The van der Waals surface area contributed by atoms with E-state index >= 15 is 0 Å². The zero-order chi connectivity index (χ0) is 18.3. The minimum Gasteiger partial charge on any atom is -0.665 e. The molecule has 0 heterocycles. The molecule has 3 aromatic rings. The van der Waals surface area contributed by atoms with Crippen LogP contribution in [0.2, 0.25) is 0 Å². The minimum atomic E-state index is -0.877. The van der Waals surface area contributed by atoms with E-state index in [0.29, 0.717) is 12.9 Å². The van der Waals surface area contributed by atoms with Gasteiger partial charge in [0.05, 0.1) is 7.92 Å². The summed E-state index contributed by atoms with van der Waals surface area (Å²) in [5.41, 5.74) is 0. The Bertz CT molecular complexity index is 625. The summed E-state index contributed by atoms with van der Waals surface area (Å²) in [7, 11) is -0.877.